The van der Waals surface area contributed by atoms with Gasteiger partial charge >= 0.3 is 0 Å². The number of rotatable bonds is 8. The zero-order valence-corrected chi connectivity index (χ0v) is 14.4. The standard InChI is InChI=1S/C18H24N2O2S/c1-14-18(23-13-20-14)7-9-22-16-5-2-4-15(10-16)11-19-12-17-6-3-8-21-17/h2,4-5,10,13,17,19H,3,6-9,11-12H2,1H3/t17-/m1/s1. The van der Waals surface area contributed by atoms with Gasteiger partial charge in [0, 0.05) is 31.0 Å². The number of hydrogen-bond acceptors (Lipinski definition) is 5. The van der Waals surface area contributed by atoms with Crippen LogP contribution >= 0.6 is 11.3 Å². The van der Waals surface area contributed by atoms with Crippen LogP contribution in [0.2, 0.25) is 0 Å². The normalized spacial score (nSPS) is 17.5. The molecule has 1 aliphatic heterocycles. The van der Waals surface area contributed by atoms with Gasteiger partial charge in [0.15, 0.2) is 0 Å². The van der Waals surface area contributed by atoms with E-state index in [0.29, 0.717) is 12.7 Å². The van der Waals surface area contributed by atoms with Gasteiger partial charge in [-0.25, -0.2) is 4.98 Å². The predicted octanol–water partition coefficient (Wildman–Crippen LogP) is 3.34. The number of benzene rings is 1. The fourth-order valence-corrected chi connectivity index (χ4v) is 3.52. The maximum Gasteiger partial charge on any atom is 0.119 e. The summed E-state index contributed by atoms with van der Waals surface area (Å²) in [5.41, 5.74) is 4.26. The van der Waals surface area contributed by atoms with Gasteiger partial charge in [-0.3, -0.25) is 0 Å². The summed E-state index contributed by atoms with van der Waals surface area (Å²) in [7, 11) is 0. The molecule has 23 heavy (non-hydrogen) atoms. The van der Waals surface area contributed by atoms with Crippen molar-refractivity contribution in [2.45, 2.75) is 38.8 Å². The van der Waals surface area contributed by atoms with E-state index < -0.39 is 0 Å². The summed E-state index contributed by atoms with van der Waals surface area (Å²) in [6.07, 6.45) is 3.66. The van der Waals surface area contributed by atoms with Crippen molar-refractivity contribution in [3.63, 3.8) is 0 Å². The van der Waals surface area contributed by atoms with Crippen LogP contribution in [-0.4, -0.2) is 30.8 Å². The van der Waals surface area contributed by atoms with Crippen LogP contribution in [0.15, 0.2) is 29.8 Å². The summed E-state index contributed by atoms with van der Waals surface area (Å²) in [4.78, 5) is 5.57. The monoisotopic (exact) mass is 332 g/mol. The zero-order valence-electron chi connectivity index (χ0n) is 13.6. The van der Waals surface area contributed by atoms with E-state index in [2.05, 4.69) is 28.5 Å². The lowest BCUT2D eigenvalue weighted by atomic mass is 10.2. The number of ether oxygens (including phenoxy) is 2. The van der Waals surface area contributed by atoms with Gasteiger partial charge in [0.1, 0.15) is 5.75 Å². The van der Waals surface area contributed by atoms with Gasteiger partial charge in [-0.15, -0.1) is 11.3 Å². The van der Waals surface area contributed by atoms with Crippen LogP contribution in [0.1, 0.15) is 29.0 Å². The Labute approximate surface area is 141 Å². The van der Waals surface area contributed by atoms with Crippen LogP contribution in [0, 0.1) is 6.92 Å². The van der Waals surface area contributed by atoms with Crippen LogP contribution in [0.25, 0.3) is 0 Å². The molecule has 2 aromatic rings. The average molecular weight is 332 g/mol. The molecule has 0 amide bonds. The molecule has 1 fully saturated rings. The first-order valence-electron chi connectivity index (χ1n) is 8.24. The van der Waals surface area contributed by atoms with E-state index >= 15 is 0 Å². The second-order valence-electron chi connectivity index (χ2n) is 5.87. The van der Waals surface area contributed by atoms with Crippen molar-refractivity contribution in [1.29, 1.82) is 0 Å². The van der Waals surface area contributed by atoms with Crippen molar-refractivity contribution in [2.75, 3.05) is 19.8 Å². The Morgan fingerprint density at radius 2 is 2.39 bits per heavy atom. The highest BCUT2D eigenvalue weighted by atomic mass is 32.1. The molecule has 0 saturated carbocycles. The van der Waals surface area contributed by atoms with Crippen molar-refractivity contribution in [3.05, 3.63) is 45.9 Å². The second-order valence-corrected chi connectivity index (χ2v) is 6.81. The fourth-order valence-electron chi connectivity index (χ4n) is 2.76. The fraction of sp³-hybridized carbons (Fsp3) is 0.500. The third kappa shape index (κ3) is 5.03. The smallest absolute Gasteiger partial charge is 0.119 e. The molecule has 0 aliphatic carbocycles. The highest BCUT2D eigenvalue weighted by Crippen LogP contribution is 2.16. The summed E-state index contributed by atoms with van der Waals surface area (Å²) in [5, 5.41) is 3.47. The minimum Gasteiger partial charge on any atom is -0.493 e. The van der Waals surface area contributed by atoms with E-state index in [1.54, 1.807) is 11.3 Å². The van der Waals surface area contributed by atoms with Crippen molar-refractivity contribution in [2.24, 2.45) is 0 Å². The molecule has 4 nitrogen and oxygen atoms in total. The molecule has 0 bridgehead atoms. The van der Waals surface area contributed by atoms with Crippen molar-refractivity contribution < 1.29 is 9.47 Å². The second kappa shape index (κ2) is 8.43. The molecule has 124 valence electrons. The predicted molar refractivity (Wildman–Crippen MR) is 93.2 cm³/mol. The maximum absolute atomic E-state index is 5.88. The molecule has 1 N–H and O–H groups in total. The Hall–Kier alpha value is -1.43. The molecular formula is C18H24N2O2S. The third-order valence-electron chi connectivity index (χ3n) is 4.07. The molecule has 1 aromatic heterocycles. The lowest BCUT2D eigenvalue weighted by Crippen LogP contribution is -2.25. The van der Waals surface area contributed by atoms with Crippen LogP contribution in [0.4, 0.5) is 0 Å². The van der Waals surface area contributed by atoms with Gasteiger partial charge in [-0.1, -0.05) is 12.1 Å². The van der Waals surface area contributed by atoms with Gasteiger partial charge < -0.3 is 14.8 Å². The molecule has 5 heteroatoms. The molecule has 3 rings (SSSR count). The van der Waals surface area contributed by atoms with Gasteiger partial charge in [0.05, 0.1) is 23.9 Å². The first kappa shape index (κ1) is 16.4. The Morgan fingerprint density at radius 1 is 1.43 bits per heavy atom. The largest absolute Gasteiger partial charge is 0.493 e. The van der Waals surface area contributed by atoms with Crippen LogP contribution in [-0.2, 0) is 17.7 Å². The Kier molecular flexibility index (Phi) is 6.02. The molecule has 0 unspecified atom stereocenters. The molecule has 1 saturated heterocycles. The highest BCUT2D eigenvalue weighted by Gasteiger charge is 2.14. The summed E-state index contributed by atoms with van der Waals surface area (Å²) >= 11 is 1.70. The number of thiazole rings is 1. The van der Waals surface area contributed by atoms with Gasteiger partial charge in [0.2, 0.25) is 0 Å². The van der Waals surface area contributed by atoms with E-state index in [1.807, 2.05) is 18.5 Å². The zero-order chi connectivity index (χ0) is 15.9. The van der Waals surface area contributed by atoms with Crippen LogP contribution in [0.5, 0.6) is 5.75 Å². The van der Waals surface area contributed by atoms with E-state index in [1.165, 1.54) is 23.3 Å². The Morgan fingerprint density at radius 3 is 3.17 bits per heavy atom. The van der Waals surface area contributed by atoms with Crippen molar-refractivity contribution in [1.82, 2.24) is 10.3 Å². The first-order chi connectivity index (χ1) is 11.3. The Bertz CT molecular complexity index is 609. The SMILES string of the molecule is Cc1ncsc1CCOc1cccc(CNC[C@H]2CCCO2)c1. The minimum atomic E-state index is 0.386. The van der Waals surface area contributed by atoms with Crippen molar-refractivity contribution >= 4 is 11.3 Å². The summed E-state index contributed by atoms with van der Waals surface area (Å²) in [5.74, 6) is 0.934. The lowest BCUT2D eigenvalue weighted by molar-refractivity contribution is 0.110. The number of aromatic nitrogens is 1. The summed E-state index contributed by atoms with van der Waals surface area (Å²) in [6, 6.07) is 8.31. The average Bonchev–Trinajstić information content (AvgIpc) is 3.20. The van der Waals surface area contributed by atoms with E-state index in [-0.39, 0.29) is 0 Å². The summed E-state index contributed by atoms with van der Waals surface area (Å²) < 4.78 is 11.5. The molecular weight excluding hydrogens is 308 g/mol. The van der Waals surface area contributed by atoms with Crippen LogP contribution < -0.4 is 10.1 Å². The molecule has 1 aromatic carbocycles. The molecule has 2 heterocycles. The number of nitrogens with one attached hydrogen (secondary N) is 1. The first-order valence-corrected chi connectivity index (χ1v) is 9.12. The number of hydrogen-bond donors (Lipinski definition) is 1. The lowest BCUT2D eigenvalue weighted by Gasteiger charge is -2.12. The summed E-state index contributed by atoms with van der Waals surface area (Å²) in [6.45, 7) is 5.43. The van der Waals surface area contributed by atoms with Crippen LogP contribution in [0.3, 0.4) is 0 Å². The highest BCUT2D eigenvalue weighted by molar-refractivity contribution is 7.09. The van der Waals surface area contributed by atoms with E-state index in [9.17, 15) is 0 Å². The third-order valence-corrected chi connectivity index (χ3v) is 5.06. The molecule has 0 radical (unpaired) electrons. The topological polar surface area (TPSA) is 43.4 Å². The van der Waals surface area contributed by atoms with E-state index in [0.717, 1.165) is 37.6 Å². The van der Waals surface area contributed by atoms with Gasteiger partial charge in [-0.05, 0) is 37.5 Å². The van der Waals surface area contributed by atoms with Crippen molar-refractivity contribution in [3.8, 4) is 5.75 Å². The van der Waals surface area contributed by atoms with E-state index in [4.69, 9.17) is 9.47 Å². The molecule has 0 spiro atoms. The maximum atomic E-state index is 5.88. The minimum absolute atomic E-state index is 0.386. The molecule has 1 atom stereocenters. The molecule has 1 aliphatic rings. The number of nitrogens with zero attached hydrogens (tertiary/aromatic N) is 1. The Balaban J connectivity index is 1.42. The quantitative estimate of drug-likeness (QED) is 0.805. The van der Waals surface area contributed by atoms with Gasteiger partial charge in [0.25, 0.3) is 0 Å². The van der Waals surface area contributed by atoms with Gasteiger partial charge in [-0.2, -0.15) is 0 Å². The number of aryl methyl sites for hydroxylation is 1.